The summed E-state index contributed by atoms with van der Waals surface area (Å²) < 4.78 is 7.88. The molecule has 4 aromatic rings. The van der Waals surface area contributed by atoms with Crippen LogP contribution in [0.25, 0.3) is 16.8 Å². The van der Waals surface area contributed by atoms with Gasteiger partial charge in [-0.2, -0.15) is 0 Å². The number of fused-ring (bicyclic) bond motifs is 3. The molecule has 5 heterocycles. The van der Waals surface area contributed by atoms with Crippen LogP contribution in [-0.4, -0.2) is 55.2 Å². The fourth-order valence-corrected chi connectivity index (χ4v) is 5.66. The summed E-state index contributed by atoms with van der Waals surface area (Å²) in [6, 6.07) is 12.8. The maximum absolute atomic E-state index is 13.1. The summed E-state index contributed by atoms with van der Waals surface area (Å²) in [5.74, 6) is 6.20. The number of ketones is 1. The first kappa shape index (κ1) is 23.8. The number of nitrogen functional groups attached to an aromatic ring is 1. The van der Waals surface area contributed by atoms with Crippen LogP contribution >= 0.6 is 0 Å². The van der Waals surface area contributed by atoms with Crippen LogP contribution in [0.3, 0.4) is 0 Å². The average molecular weight is 507 g/mol. The molecule has 0 radical (unpaired) electrons. The molecule has 9 heteroatoms. The number of carbonyl (C=O) groups excluding carboxylic acids is 2. The zero-order chi connectivity index (χ0) is 26.3. The summed E-state index contributed by atoms with van der Waals surface area (Å²) in [5, 5.41) is 0. The predicted molar refractivity (Wildman–Crippen MR) is 141 cm³/mol. The van der Waals surface area contributed by atoms with Crippen molar-refractivity contribution in [3.05, 3.63) is 78.1 Å². The van der Waals surface area contributed by atoms with Gasteiger partial charge in [0.25, 0.3) is 5.91 Å². The molecule has 1 aromatic carbocycles. The highest BCUT2D eigenvalue weighted by Gasteiger charge is 2.55. The molecule has 190 valence electrons. The van der Waals surface area contributed by atoms with Gasteiger partial charge in [0.05, 0.1) is 25.7 Å². The van der Waals surface area contributed by atoms with Gasteiger partial charge in [0.1, 0.15) is 28.4 Å². The number of carbonyl (C=O) groups is 2. The largest absolute Gasteiger partial charge is 0.382 e. The summed E-state index contributed by atoms with van der Waals surface area (Å²) in [7, 11) is 0. The number of amides is 1. The first-order chi connectivity index (χ1) is 18.5. The van der Waals surface area contributed by atoms with Crippen molar-refractivity contribution in [1.82, 2.24) is 24.3 Å². The molecule has 1 amide bonds. The number of hydrogen-bond acceptors (Lipinski definition) is 7. The molecule has 2 N–H and O–H groups in total. The third kappa shape index (κ3) is 3.81. The highest BCUT2D eigenvalue weighted by molar-refractivity contribution is 5.98. The first-order valence-corrected chi connectivity index (χ1v) is 12.5. The number of Topliss-reactive ketones (excluding diaryl/α,β-unsaturated/α-hetero) is 1. The summed E-state index contributed by atoms with van der Waals surface area (Å²) >= 11 is 0. The van der Waals surface area contributed by atoms with Gasteiger partial charge in [0.2, 0.25) is 0 Å². The minimum absolute atomic E-state index is 0.0201. The molecule has 3 aromatic heterocycles. The number of ether oxygens (including phenoxy) is 1. The van der Waals surface area contributed by atoms with E-state index in [2.05, 4.69) is 21.8 Å². The van der Waals surface area contributed by atoms with Gasteiger partial charge in [-0.1, -0.05) is 36.3 Å². The second-order valence-electron chi connectivity index (χ2n) is 9.60. The second-order valence-corrected chi connectivity index (χ2v) is 9.60. The molecule has 9 nitrogen and oxygen atoms in total. The lowest BCUT2D eigenvalue weighted by Gasteiger charge is -2.42. The number of nitrogens with two attached hydrogens (primary N) is 1. The van der Waals surface area contributed by atoms with Crippen LogP contribution in [0.4, 0.5) is 5.82 Å². The Morgan fingerprint density at radius 1 is 1.16 bits per heavy atom. The van der Waals surface area contributed by atoms with Crippen molar-refractivity contribution in [2.45, 2.75) is 37.8 Å². The molecular formula is C29H26N6O3. The molecule has 6 rings (SSSR count). The van der Waals surface area contributed by atoms with E-state index in [4.69, 9.17) is 15.5 Å². The number of pyridine rings is 1. The zero-order valence-electron chi connectivity index (χ0n) is 20.9. The van der Waals surface area contributed by atoms with E-state index < -0.39 is 5.54 Å². The molecule has 0 spiro atoms. The van der Waals surface area contributed by atoms with Crippen molar-refractivity contribution >= 4 is 23.0 Å². The quantitative estimate of drug-likeness (QED) is 0.327. The molecule has 2 saturated heterocycles. The molecule has 0 saturated carbocycles. The Morgan fingerprint density at radius 3 is 2.76 bits per heavy atom. The minimum Gasteiger partial charge on any atom is -0.382 e. The Balaban J connectivity index is 1.42. The minimum atomic E-state index is -0.766. The fraction of sp³-hybridized carbons (Fsp3) is 0.276. The Morgan fingerprint density at radius 2 is 2.00 bits per heavy atom. The van der Waals surface area contributed by atoms with Gasteiger partial charge in [-0.25, -0.2) is 9.97 Å². The van der Waals surface area contributed by atoms with E-state index in [-0.39, 0.29) is 24.2 Å². The maximum atomic E-state index is 13.1. The highest BCUT2D eigenvalue weighted by atomic mass is 16.5. The number of nitrogens with zero attached hydrogens (tertiary/aromatic N) is 5. The van der Waals surface area contributed by atoms with Gasteiger partial charge < -0.3 is 15.4 Å². The maximum Gasteiger partial charge on any atom is 0.299 e. The SMILES string of the molecule is CC#CC(=O)N1C2CCC1(c1nc(-c3ccc(C(=O)Cc4ccccn4)cc3)c3c(N)nccn13)COC2. The van der Waals surface area contributed by atoms with Crippen molar-refractivity contribution in [3.8, 4) is 23.1 Å². The van der Waals surface area contributed by atoms with E-state index in [1.807, 2.05) is 45.8 Å². The summed E-state index contributed by atoms with van der Waals surface area (Å²) in [6.45, 7) is 2.46. The molecule has 0 aliphatic carbocycles. The molecular weight excluding hydrogens is 480 g/mol. The van der Waals surface area contributed by atoms with Crippen LogP contribution < -0.4 is 5.73 Å². The average Bonchev–Trinajstić information content (AvgIpc) is 3.44. The Bertz CT molecular complexity index is 1600. The molecule has 2 atom stereocenters. The topological polar surface area (TPSA) is 116 Å². The van der Waals surface area contributed by atoms with Crippen molar-refractivity contribution < 1.29 is 14.3 Å². The third-order valence-corrected chi connectivity index (χ3v) is 7.37. The van der Waals surface area contributed by atoms with E-state index in [1.165, 1.54) is 0 Å². The van der Waals surface area contributed by atoms with Gasteiger partial charge in [0, 0.05) is 35.4 Å². The van der Waals surface area contributed by atoms with Crippen LogP contribution in [0.15, 0.2) is 61.1 Å². The van der Waals surface area contributed by atoms with E-state index in [1.54, 1.807) is 31.5 Å². The number of morpholine rings is 1. The first-order valence-electron chi connectivity index (χ1n) is 12.5. The monoisotopic (exact) mass is 506 g/mol. The van der Waals surface area contributed by atoms with Gasteiger partial charge in [0.15, 0.2) is 5.78 Å². The van der Waals surface area contributed by atoms with Gasteiger partial charge >= 0.3 is 0 Å². The van der Waals surface area contributed by atoms with Crippen LogP contribution in [0.1, 0.15) is 41.6 Å². The molecule has 2 unspecified atom stereocenters. The summed E-state index contributed by atoms with van der Waals surface area (Å²) in [6.07, 6.45) is 6.85. The number of benzene rings is 1. The zero-order valence-corrected chi connectivity index (χ0v) is 20.9. The lowest BCUT2D eigenvalue weighted by molar-refractivity contribution is -0.145. The van der Waals surface area contributed by atoms with Crippen molar-refractivity contribution in [3.63, 3.8) is 0 Å². The number of anilines is 1. The Hall–Kier alpha value is -4.55. The second kappa shape index (κ2) is 9.39. The predicted octanol–water partition coefficient (Wildman–Crippen LogP) is 3.04. The Labute approximate surface area is 219 Å². The number of imidazole rings is 1. The summed E-state index contributed by atoms with van der Waals surface area (Å²) in [4.78, 5) is 41.4. The van der Waals surface area contributed by atoms with Gasteiger partial charge in [-0.3, -0.25) is 19.0 Å². The van der Waals surface area contributed by atoms with Crippen LogP contribution in [0, 0.1) is 11.8 Å². The molecule has 2 aliphatic heterocycles. The lowest BCUT2D eigenvalue weighted by Crippen LogP contribution is -2.56. The van der Waals surface area contributed by atoms with Crippen LogP contribution in [0.2, 0.25) is 0 Å². The lowest BCUT2D eigenvalue weighted by atomic mass is 9.95. The van der Waals surface area contributed by atoms with E-state index in [0.717, 1.165) is 17.7 Å². The standard InChI is InChI=1S/C29H26N6O3/c1-2-5-24(37)35-22-11-12-29(35,18-38-17-22)28-33-25(26-27(30)32-14-15-34(26)28)20-9-7-19(8-10-20)23(36)16-21-6-3-4-13-31-21/h3-4,6-10,13-15,22H,11-12,16-18H2,1H3,(H2,30,32). The smallest absolute Gasteiger partial charge is 0.299 e. The molecule has 2 bridgehead atoms. The molecule has 2 fully saturated rings. The summed E-state index contributed by atoms with van der Waals surface area (Å²) in [5.41, 5.74) is 8.98. The number of hydrogen-bond donors (Lipinski definition) is 1. The van der Waals surface area contributed by atoms with E-state index in [9.17, 15) is 9.59 Å². The van der Waals surface area contributed by atoms with E-state index >= 15 is 0 Å². The van der Waals surface area contributed by atoms with Crippen LogP contribution in [-0.2, 0) is 21.5 Å². The van der Waals surface area contributed by atoms with Crippen LogP contribution in [0.5, 0.6) is 0 Å². The number of aromatic nitrogens is 4. The normalized spacial score (nSPS) is 20.2. The van der Waals surface area contributed by atoms with E-state index in [0.29, 0.717) is 48.1 Å². The van der Waals surface area contributed by atoms with Gasteiger partial charge in [-0.15, -0.1) is 0 Å². The third-order valence-electron chi connectivity index (χ3n) is 7.37. The van der Waals surface area contributed by atoms with Crippen molar-refractivity contribution in [2.75, 3.05) is 18.9 Å². The molecule has 2 aliphatic rings. The van der Waals surface area contributed by atoms with Crippen molar-refractivity contribution in [1.29, 1.82) is 0 Å². The van der Waals surface area contributed by atoms with Crippen molar-refractivity contribution in [2.24, 2.45) is 0 Å². The van der Waals surface area contributed by atoms with Gasteiger partial charge in [-0.05, 0) is 37.8 Å². The number of rotatable bonds is 5. The molecule has 38 heavy (non-hydrogen) atoms. The Kier molecular flexibility index (Phi) is 5.89. The fourth-order valence-electron chi connectivity index (χ4n) is 5.66. The highest BCUT2D eigenvalue weighted by Crippen LogP contribution is 2.46.